The molecule has 4 rings (SSSR count). The zero-order valence-electron chi connectivity index (χ0n) is 9.74. The molecule has 17 heavy (non-hydrogen) atoms. The van der Waals surface area contributed by atoms with Crippen LogP contribution in [0, 0.1) is 24.6 Å². The van der Waals surface area contributed by atoms with E-state index in [4.69, 9.17) is 0 Å². The van der Waals surface area contributed by atoms with Gasteiger partial charge in [-0.15, -0.1) is 0 Å². The van der Waals surface area contributed by atoms with E-state index in [0.29, 0.717) is 5.92 Å². The number of carboxylic acids is 1. The minimum atomic E-state index is -0.692. The van der Waals surface area contributed by atoms with Gasteiger partial charge in [0.05, 0.1) is 5.92 Å². The average molecular weight is 234 g/mol. The molecule has 3 aliphatic carbocycles. The fourth-order valence-corrected chi connectivity index (χ4v) is 4.01. The molecular weight excluding hydrogens is 219 g/mol. The van der Waals surface area contributed by atoms with E-state index in [-0.39, 0.29) is 17.2 Å². The van der Waals surface area contributed by atoms with E-state index < -0.39 is 5.97 Å². The largest absolute Gasteiger partial charge is 0.481 e. The topological polar surface area (TPSA) is 37.3 Å². The Bertz CT molecular complexity index is 493. The third-order valence-electron chi connectivity index (χ3n) is 4.65. The first-order valence-corrected chi connectivity index (χ1v) is 6.04. The van der Waals surface area contributed by atoms with E-state index in [1.165, 1.54) is 12.1 Å². The number of hydrogen-bond donors (Lipinski definition) is 1. The van der Waals surface area contributed by atoms with Crippen LogP contribution < -0.4 is 0 Å². The lowest BCUT2D eigenvalue weighted by molar-refractivity contribution is -0.150. The Kier molecular flexibility index (Phi) is 2.09. The summed E-state index contributed by atoms with van der Waals surface area (Å²) in [6.45, 7) is 1.87. The van der Waals surface area contributed by atoms with Crippen LogP contribution in [0.15, 0.2) is 18.2 Å². The fourth-order valence-electron chi connectivity index (χ4n) is 4.01. The predicted octanol–water partition coefficient (Wildman–Crippen LogP) is 2.89. The molecule has 0 radical (unpaired) electrons. The minimum Gasteiger partial charge on any atom is -0.481 e. The van der Waals surface area contributed by atoms with Crippen LogP contribution in [-0.2, 0) is 10.2 Å². The lowest BCUT2D eigenvalue weighted by atomic mass is 9.56. The quantitative estimate of drug-likeness (QED) is 0.854. The summed E-state index contributed by atoms with van der Waals surface area (Å²) in [7, 11) is 0. The van der Waals surface area contributed by atoms with Crippen LogP contribution in [0.4, 0.5) is 4.39 Å². The molecule has 0 aromatic heterocycles. The van der Waals surface area contributed by atoms with Gasteiger partial charge in [0, 0.05) is 5.41 Å². The smallest absolute Gasteiger partial charge is 0.307 e. The highest BCUT2D eigenvalue weighted by Gasteiger charge is 2.63. The molecule has 3 unspecified atom stereocenters. The molecule has 1 N–H and O–H groups in total. The minimum absolute atomic E-state index is 0.214. The van der Waals surface area contributed by atoms with Gasteiger partial charge in [-0.3, -0.25) is 4.79 Å². The van der Waals surface area contributed by atoms with E-state index >= 15 is 0 Å². The zero-order valence-corrected chi connectivity index (χ0v) is 9.74. The lowest BCUT2D eigenvalue weighted by Gasteiger charge is -2.46. The zero-order chi connectivity index (χ0) is 12.2. The molecule has 90 valence electrons. The van der Waals surface area contributed by atoms with Crippen molar-refractivity contribution in [2.24, 2.45) is 11.8 Å². The molecule has 3 heteroatoms. The molecule has 1 aromatic carbocycles. The van der Waals surface area contributed by atoms with Gasteiger partial charge in [0.15, 0.2) is 0 Å². The predicted molar refractivity (Wildman–Crippen MR) is 61.3 cm³/mol. The first-order valence-electron chi connectivity index (χ1n) is 6.04. The first kappa shape index (κ1) is 10.8. The molecule has 0 saturated heterocycles. The molecule has 3 aliphatic rings. The number of benzene rings is 1. The van der Waals surface area contributed by atoms with Crippen LogP contribution in [0.5, 0.6) is 0 Å². The van der Waals surface area contributed by atoms with Crippen molar-refractivity contribution in [3.63, 3.8) is 0 Å². The van der Waals surface area contributed by atoms with Crippen molar-refractivity contribution in [2.75, 3.05) is 0 Å². The number of fused-ring (bicyclic) bond motifs is 1. The van der Waals surface area contributed by atoms with Gasteiger partial charge in [0.25, 0.3) is 0 Å². The van der Waals surface area contributed by atoms with Crippen LogP contribution >= 0.6 is 0 Å². The van der Waals surface area contributed by atoms with Gasteiger partial charge in [-0.25, -0.2) is 4.39 Å². The number of aliphatic carboxylic acids is 1. The normalized spacial score (nSPS) is 34.5. The van der Waals surface area contributed by atoms with Gasteiger partial charge in [-0.1, -0.05) is 6.07 Å². The fraction of sp³-hybridized carbons (Fsp3) is 0.500. The SMILES string of the molecule is Cc1cc(F)ccc1C12CCC(C1)C2C(=O)O. The van der Waals surface area contributed by atoms with Crippen LogP contribution in [0.1, 0.15) is 30.4 Å². The average Bonchev–Trinajstić information content (AvgIpc) is 2.74. The summed E-state index contributed by atoms with van der Waals surface area (Å²) in [4.78, 5) is 11.3. The van der Waals surface area contributed by atoms with E-state index in [1.54, 1.807) is 6.07 Å². The van der Waals surface area contributed by atoms with Crippen LogP contribution in [-0.4, -0.2) is 11.1 Å². The monoisotopic (exact) mass is 234 g/mol. The van der Waals surface area contributed by atoms with Gasteiger partial charge in [0.1, 0.15) is 5.82 Å². The maximum atomic E-state index is 13.1. The summed E-state index contributed by atoms with van der Waals surface area (Å²) in [6, 6.07) is 4.73. The van der Waals surface area contributed by atoms with E-state index in [2.05, 4.69) is 0 Å². The second-order valence-electron chi connectivity index (χ2n) is 5.43. The maximum Gasteiger partial charge on any atom is 0.307 e. The highest BCUT2D eigenvalue weighted by Crippen LogP contribution is 2.64. The van der Waals surface area contributed by atoms with Crippen molar-refractivity contribution in [2.45, 2.75) is 31.6 Å². The Hall–Kier alpha value is -1.38. The Morgan fingerprint density at radius 2 is 2.29 bits per heavy atom. The van der Waals surface area contributed by atoms with Gasteiger partial charge in [-0.2, -0.15) is 0 Å². The third kappa shape index (κ3) is 1.28. The molecule has 3 atom stereocenters. The number of halogens is 1. The number of carbonyl (C=O) groups is 1. The maximum absolute atomic E-state index is 13.1. The van der Waals surface area contributed by atoms with E-state index in [1.807, 2.05) is 6.92 Å². The standard InChI is InChI=1S/C14H15FO2/c1-8-6-10(15)2-3-11(8)14-5-4-9(7-14)12(14)13(16)17/h2-3,6,9,12H,4-5,7H2,1H3,(H,16,17). The summed E-state index contributed by atoms with van der Waals surface area (Å²) in [5.74, 6) is -0.866. The van der Waals surface area contributed by atoms with E-state index in [0.717, 1.165) is 30.4 Å². The molecular formula is C14H15FO2. The number of aryl methyl sites for hydroxylation is 1. The van der Waals surface area contributed by atoms with Crippen molar-refractivity contribution in [1.82, 2.24) is 0 Å². The summed E-state index contributed by atoms with van der Waals surface area (Å²) in [5, 5.41) is 9.31. The summed E-state index contributed by atoms with van der Waals surface area (Å²) >= 11 is 0. The number of carboxylic acid groups (broad SMARTS) is 1. The Labute approximate surface area is 99.5 Å². The van der Waals surface area contributed by atoms with Crippen LogP contribution in [0.25, 0.3) is 0 Å². The van der Waals surface area contributed by atoms with Crippen molar-refractivity contribution in [3.05, 3.63) is 35.1 Å². The van der Waals surface area contributed by atoms with Gasteiger partial charge >= 0.3 is 5.97 Å². The molecule has 2 nitrogen and oxygen atoms in total. The van der Waals surface area contributed by atoms with Gasteiger partial charge < -0.3 is 5.11 Å². The highest BCUT2D eigenvalue weighted by atomic mass is 19.1. The highest BCUT2D eigenvalue weighted by molar-refractivity contribution is 5.76. The van der Waals surface area contributed by atoms with Crippen molar-refractivity contribution in [1.29, 1.82) is 0 Å². The summed E-state index contributed by atoms with van der Waals surface area (Å²) in [6.07, 6.45) is 2.88. The lowest BCUT2D eigenvalue weighted by Crippen LogP contribution is -2.48. The second-order valence-corrected chi connectivity index (χ2v) is 5.43. The van der Waals surface area contributed by atoms with Crippen molar-refractivity contribution >= 4 is 5.97 Å². The summed E-state index contributed by atoms with van der Waals surface area (Å²) in [5.41, 5.74) is 1.71. The Morgan fingerprint density at radius 1 is 1.53 bits per heavy atom. The van der Waals surface area contributed by atoms with Crippen LogP contribution in [0.3, 0.4) is 0 Å². The van der Waals surface area contributed by atoms with Gasteiger partial charge in [0.2, 0.25) is 0 Å². The van der Waals surface area contributed by atoms with E-state index in [9.17, 15) is 14.3 Å². The molecule has 2 bridgehead atoms. The number of rotatable bonds is 2. The van der Waals surface area contributed by atoms with Crippen LogP contribution in [0.2, 0.25) is 0 Å². The Balaban J connectivity index is 2.06. The second kappa shape index (κ2) is 3.31. The molecule has 1 aromatic rings. The third-order valence-corrected chi connectivity index (χ3v) is 4.65. The molecule has 0 heterocycles. The first-order chi connectivity index (χ1) is 8.04. The Morgan fingerprint density at radius 3 is 2.88 bits per heavy atom. The van der Waals surface area contributed by atoms with Crippen molar-refractivity contribution in [3.8, 4) is 0 Å². The molecule has 0 amide bonds. The summed E-state index contributed by atoms with van der Waals surface area (Å²) < 4.78 is 13.1. The molecule has 0 spiro atoms. The van der Waals surface area contributed by atoms with Crippen molar-refractivity contribution < 1.29 is 14.3 Å². The number of hydrogen-bond acceptors (Lipinski definition) is 1. The molecule has 3 fully saturated rings. The molecule has 3 saturated carbocycles. The van der Waals surface area contributed by atoms with Gasteiger partial charge in [-0.05, 0) is 55.4 Å². The molecule has 0 aliphatic heterocycles.